The van der Waals surface area contributed by atoms with Gasteiger partial charge in [-0.05, 0) is 0 Å². The molecule has 8 heteroatoms. The number of carbonyl (C=O) groups is 1. The first-order valence-electron chi connectivity index (χ1n) is 5.59. The Bertz CT molecular complexity index is 642. The minimum atomic E-state index is -1.16. The average molecular weight is 274 g/mol. The number of nitro groups is 1. The van der Waals surface area contributed by atoms with Crippen LogP contribution >= 0.6 is 0 Å². The Labute approximate surface area is 113 Å². The fraction of sp³-hybridized carbons (Fsp3) is 0.0833. The normalized spacial score (nSPS) is 10.0. The highest BCUT2D eigenvalue weighted by atomic mass is 16.6. The molecule has 0 bridgehead atoms. The van der Waals surface area contributed by atoms with Crippen LogP contribution in [0.4, 0.5) is 11.5 Å². The van der Waals surface area contributed by atoms with E-state index in [1.54, 1.807) is 18.2 Å². The van der Waals surface area contributed by atoms with Crippen molar-refractivity contribution in [2.24, 2.45) is 0 Å². The van der Waals surface area contributed by atoms with Crippen LogP contribution in [0.25, 0.3) is 0 Å². The monoisotopic (exact) mass is 274 g/mol. The van der Waals surface area contributed by atoms with Gasteiger partial charge in [0.15, 0.2) is 5.69 Å². The third-order valence-electron chi connectivity index (χ3n) is 2.52. The van der Waals surface area contributed by atoms with E-state index in [1.807, 2.05) is 0 Å². The molecule has 0 spiro atoms. The van der Waals surface area contributed by atoms with Crippen LogP contribution in [0.1, 0.15) is 16.1 Å². The number of benzene rings is 1. The number of nitrogens with zero attached hydrogens (tertiary/aromatic N) is 3. The second-order valence-electron chi connectivity index (χ2n) is 3.83. The fourth-order valence-electron chi connectivity index (χ4n) is 1.55. The second-order valence-corrected chi connectivity index (χ2v) is 3.83. The number of aromatic nitrogens is 2. The van der Waals surface area contributed by atoms with Gasteiger partial charge in [0, 0.05) is 18.2 Å². The standard InChI is InChI=1S/C12H10N4O4/c17-12(18)9-6-15-11(7-13-9)14-5-8-3-1-2-4-10(8)16(19)20/h1-4,6-7H,5H2,(H,14,15)(H,17,18). The zero-order chi connectivity index (χ0) is 14.5. The summed E-state index contributed by atoms with van der Waals surface area (Å²) in [7, 11) is 0. The van der Waals surface area contributed by atoms with Crippen LogP contribution in [0, 0.1) is 10.1 Å². The van der Waals surface area contributed by atoms with E-state index < -0.39 is 10.9 Å². The molecule has 0 atom stereocenters. The van der Waals surface area contributed by atoms with Crippen molar-refractivity contribution in [1.29, 1.82) is 0 Å². The molecule has 0 radical (unpaired) electrons. The van der Waals surface area contributed by atoms with Crippen molar-refractivity contribution in [1.82, 2.24) is 9.97 Å². The molecule has 1 aromatic heterocycles. The van der Waals surface area contributed by atoms with Gasteiger partial charge in [0.05, 0.1) is 17.3 Å². The number of rotatable bonds is 5. The van der Waals surface area contributed by atoms with E-state index >= 15 is 0 Å². The summed E-state index contributed by atoms with van der Waals surface area (Å²) in [5, 5.41) is 22.4. The van der Waals surface area contributed by atoms with Gasteiger partial charge in [0.1, 0.15) is 5.82 Å². The average Bonchev–Trinajstić information content (AvgIpc) is 2.45. The third kappa shape index (κ3) is 3.05. The molecule has 1 aromatic carbocycles. The van der Waals surface area contributed by atoms with Crippen LogP contribution in [-0.4, -0.2) is 26.0 Å². The molecule has 2 N–H and O–H groups in total. The Morgan fingerprint density at radius 3 is 2.65 bits per heavy atom. The van der Waals surface area contributed by atoms with Crippen LogP contribution in [0.3, 0.4) is 0 Å². The zero-order valence-electron chi connectivity index (χ0n) is 10.2. The molecule has 20 heavy (non-hydrogen) atoms. The summed E-state index contributed by atoms with van der Waals surface area (Å²) in [5.74, 6) is -0.823. The Kier molecular flexibility index (Phi) is 3.85. The molecule has 0 saturated carbocycles. The number of carboxylic acids is 1. The Morgan fingerprint density at radius 1 is 1.30 bits per heavy atom. The largest absolute Gasteiger partial charge is 0.476 e. The number of nitro benzene ring substituents is 1. The molecule has 0 aliphatic heterocycles. The lowest BCUT2D eigenvalue weighted by Gasteiger charge is -2.05. The quantitative estimate of drug-likeness (QED) is 0.629. The van der Waals surface area contributed by atoms with Crippen LogP contribution in [0.15, 0.2) is 36.7 Å². The highest BCUT2D eigenvalue weighted by Crippen LogP contribution is 2.18. The van der Waals surface area contributed by atoms with Crippen molar-refractivity contribution in [3.63, 3.8) is 0 Å². The van der Waals surface area contributed by atoms with Crippen molar-refractivity contribution < 1.29 is 14.8 Å². The maximum Gasteiger partial charge on any atom is 0.356 e. The van der Waals surface area contributed by atoms with Crippen molar-refractivity contribution in [3.8, 4) is 0 Å². The van der Waals surface area contributed by atoms with Crippen LogP contribution in [-0.2, 0) is 6.54 Å². The summed E-state index contributed by atoms with van der Waals surface area (Å²) < 4.78 is 0. The van der Waals surface area contributed by atoms with Gasteiger partial charge in [-0.25, -0.2) is 14.8 Å². The predicted octanol–water partition coefficient (Wildman–Crippen LogP) is 1.70. The number of anilines is 1. The number of carboxylic acid groups (broad SMARTS) is 1. The summed E-state index contributed by atoms with van der Waals surface area (Å²) in [4.78, 5) is 28.5. The van der Waals surface area contributed by atoms with Crippen molar-refractivity contribution >= 4 is 17.5 Å². The molecule has 0 aliphatic rings. The van der Waals surface area contributed by atoms with Crippen LogP contribution < -0.4 is 5.32 Å². The third-order valence-corrected chi connectivity index (χ3v) is 2.52. The first kappa shape index (κ1) is 13.4. The molecule has 2 rings (SSSR count). The van der Waals surface area contributed by atoms with Crippen molar-refractivity contribution in [2.75, 3.05) is 5.32 Å². The molecular formula is C12H10N4O4. The van der Waals surface area contributed by atoms with Crippen molar-refractivity contribution in [3.05, 3.63) is 58.0 Å². The summed E-state index contributed by atoms with van der Waals surface area (Å²) >= 11 is 0. The lowest BCUT2D eigenvalue weighted by atomic mass is 10.2. The predicted molar refractivity (Wildman–Crippen MR) is 69.4 cm³/mol. The summed E-state index contributed by atoms with van der Waals surface area (Å²) in [6.07, 6.45) is 2.38. The summed E-state index contributed by atoms with van der Waals surface area (Å²) in [5.41, 5.74) is 0.345. The van der Waals surface area contributed by atoms with Gasteiger partial charge in [0.2, 0.25) is 0 Å². The fourth-order valence-corrected chi connectivity index (χ4v) is 1.55. The maximum atomic E-state index is 10.8. The lowest BCUT2D eigenvalue weighted by Crippen LogP contribution is -2.06. The van der Waals surface area contributed by atoms with Gasteiger partial charge >= 0.3 is 5.97 Å². The summed E-state index contributed by atoms with van der Waals surface area (Å²) in [6.45, 7) is 0.193. The zero-order valence-corrected chi connectivity index (χ0v) is 10.2. The summed E-state index contributed by atoms with van der Waals surface area (Å²) in [6, 6.07) is 6.33. The number of aromatic carboxylic acids is 1. The minimum Gasteiger partial charge on any atom is -0.476 e. The van der Waals surface area contributed by atoms with Crippen LogP contribution in [0.2, 0.25) is 0 Å². The highest BCUT2D eigenvalue weighted by molar-refractivity contribution is 5.84. The molecule has 0 amide bonds. The maximum absolute atomic E-state index is 10.8. The Morgan fingerprint density at radius 2 is 2.05 bits per heavy atom. The molecular weight excluding hydrogens is 264 g/mol. The molecule has 8 nitrogen and oxygen atoms in total. The molecule has 2 aromatic rings. The SMILES string of the molecule is O=C(O)c1cnc(NCc2ccccc2[N+](=O)[O-])cn1. The van der Waals surface area contributed by atoms with E-state index in [0.29, 0.717) is 11.4 Å². The molecule has 1 heterocycles. The van der Waals surface area contributed by atoms with Gasteiger partial charge in [-0.3, -0.25) is 10.1 Å². The molecule has 102 valence electrons. The van der Waals surface area contributed by atoms with Gasteiger partial charge < -0.3 is 10.4 Å². The van der Waals surface area contributed by atoms with E-state index in [0.717, 1.165) is 6.20 Å². The highest BCUT2D eigenvalue weighted by Gasteiger charge is 2.12. The van der Waals surface area contributed by atoms with Gasteiger partial charge in [-0.1, -0.05) is 18.2 Å². The molecule has 0 unspecified atom stereocenters. The minimum absolute atomic E-state index is 0.00937. The second kappa shape index (κ2) is 5.74. The number of hydrogen-bond acceptors (Lipinski definition) is 6. The first-order valence-corrected chi connectivity index (χ1v) is 5.59. The number of hydrogen-bond donors (Lipinski definition) is 2. The number of para-hydroxylation sites is 1. The van der Waals surface area contributed by atoms with Gasteiger partial charge in [0.25, 0.3) is 5.69 Å². The molecule has 0 saturated heterocycles. The van der Waals surface area contributed by atoms with Crippen LogP contribution in [0.5, 0.6) is 0 Å². The molecule has 0 aliphatic carbocycles. The van der Waals surface area contributed by atoms with E-state index in [1.165, 1.54) is 12.3 Å². The van der Waals surface area contributed by atoms with E-state index in [2.05, 4.69) is 15.3 Å². The smallest absolute Gasteiger partial charge is 0.356 e. The van der Waals surface area contributed by atoms with E-state index in [9.17, 15) is 14.9 Å². The number of nitrogens with one attached hydrogen (secondary N) is 1. The topological polar surface area (TPSA) is 118 Å². The van der Waals surface area contributed by atoms with E-state index in [-0.39, 0.29) is 17.9 Å². The van der Waals surface area contributed by atoms with E-state index in [4.69, 9.17) is 5.11 Å². The lowest BCUT2D eigenvalue weighted by molar-refractivity contribution is -0.385. The molecule has 0 fully saturated rings. The van der Waals surface area contributed by atoms with Gasteiger partial charge in [-0.2, -0.15) is 0 Å². The Hall–Kier alpha value is -3.03. The van der Waals surface area contributed by atoms with Gasteiger partial charge in [-0.15, -0.1) is 0 Å². The Balaban J connectivity index is 2.09. The van der Waals surface area contributed by atoms with Crippen molar-refractivity contribution in [2.45, 2.75) is 6.54 Å². The first-order chi connectivity index (χ1) is 9.58.